The van der Waals surface area contributed by atoms with Gasteiger partial charge in [-0.15, -0.1) is 0 Å². The number of carbonyl (C=O) groups is 1. The summed E-state index contributed by atoms with van der Waals surface area (Å²) in [4.78, 5) is 19.0. The van der Waals surface area contributed by atoms with E-state index in [9.17, 15) is 4.79 Å². The van der Waals surface area contributed by atoms with E-state index < -0.39 is 0 Å². The number of H-pyrrole nitrogens is 1. The average Bonchev–Trinajstić information content (AvgIpc) is 3.02. The maximum atomic E-state index is 11.7. The lowest BCUT2D eigenvalue weighted by atomic mass is 10.1. The molecule has 0 atom stereocenters. The van der Waals surface area contributed by atoms with Crippen LogP contribution in [0.4, 0.5) is 0 Å². The van der Waals surface area contributed by atoms with Gasteiger partial charge in [-0.05, 0) is 36.2 Å². The number of amides is 1. The molecule has 0 bridgehead atoms. The number of fused-ring (bicyclic) bond motifs is 1. The first-order valence-corrected chi connectivity index (χ1v) is 7.18. The van der Waals surface area contributed by atoms with Crippen LogP contribution in [0, 0.1) is 0 Å². The lowest BCUT2D eigenvalue weighted by Crippen LogP contribution is -2.30. The lowest BCUT2D eigenvalue weighted by molar-refractivity contribution is -0.123. The second-order valence-corrected chi connectivity index (χ2v) is 4.96. The van der Waals surface area contributed by atoms with Crippen LogP contribution < -0.4 is 10.1 Å². The van der Waals surface area contributed by atoms with Crippen molar-refractivity contribution >= 4 is 16.9 Å². The molecule has 3 rings (SSSR count). The first-order chi connectivity index (χ1) is 10.8. The monoisotopic (exact) mass is 295 g/mol. The van der Waals surface area contributed by atoms with E-state index in [1.165, 1.54) is 0 Å². The van der Waals surface area contributed by atoms with Crippen molar-refractivity contribution in [3.05, 3.63) is 60.4 Å². The van der Waals surface area contributed by atoms with E-state index in [2.05, 4.69) is 21.4 Å². The number of rotatable bonds is 6. The van der Waals surface area contributed by atoms with E-state index in [1.54, 1.807) is 6.33 Å². The van der Waals surface area contributed by atoms with Crippen molar-refractivity contribution in [3.8, 4) is 5.75 Å². The summed E-state index contributed by atoms with van der Waals surface area (Å²) in [6, 6.07) is 15.4. The number of carbonyl (C=O) groups excluding carboxylic acids is 1. The van der Waals surface area contributed by atoms with Gasteiger partial charge in [-0.2, -0.15) is 0 Å². The molecule has 0 aliphatic carbocycles. The molecule has 2 N–H and O–H groups in total. The highest BCUT2D eigenvalue weighted by molar-refractivity contribution is 5.77. The standard InChI is InChI=1S/C17H17N3O2/c21-17(11-22-14-4-2-1-3-5-14)18-9-8-13-6-7-15-16(10-13)20-12-19-15/h1-7,10,12H,8-9,11H2,(H,18,21)(H,19,20). The Morgan fingerprint density at radius 3 is 2.91 bits per heavy atom. The summed E-state index contributed by atoms with van der Waals surface area (Å²) in [6.07, 6.45) is 2.45. The largest absolute Gasteiger partial charge is 0.484 e. The molecule has 22 heavy (non-hydrogen) atoms. The van der Waals surface area contributed by atoms with Crippen molar-refractivity contribution in [1.29, 1.82) is 0 Å². The van der Waals surface area contributed by atoms with Gasteiger partial charge in [0, 0.05) is 6.54 Å². The third-order valence-corrected chi connectivity index (χ3v) is 3.33. The van der Waals surface area contributed by atoms with Crippen LogP contribution in [0.15, 0.2) is 54.9 Å². The Morgan fingerprint density at radius 1 is 1.18 bits per heavy atom. The van der Waals surface area contributed by atoms with E-state index in [0.717, 1.165) is 23.0 Å². The number of ether oxygens (including phenoxy) is 1. The molecule has 0 fully saturated rings. The quantitative estimate of drug-likeness (QED) is 0.733. The summed E-state index contributed by atoms with van der Waals surface area (Å²) >= 11 is 0. The van der Waals surface area contributed by atoms with E-state index in [0.29, 0.717) is 12.3 Å². The summed E-state index contributed by atoms with van der Waals surface area (Å²) in [7, 11) is 0. The predicted octanol–water partition coefficient (Wildman–Crippen LogP) is 2.30. The highest BCUT2D eigenvalue weighted by Gasteiger charge is 2.03. The average molecular weight is 295 g/mol. The molecule has 1 aromatic heterocycles. The fourth-order valence-corrected chi connectivity index (χ4v) is 2.20. The van der Waals surface area contributed by atoms with E-state index in [4.69, 9.17) is 4.74 Å². The molecule has 0 radical (unpaired) electrons. The van der Waals surface area contributed by atoms with Crippen molar-refractivity contribution in [2.75, 3.05) is 13.2 Å². The van der Waals surface area contributed by atoms with Crippen LogP contribution in [-0.4, -0.2) is 29.0 Å². The number of imidazole rings is 1. The van der Waals surface area contributed by atoms with E-state index in [-0.39, 0.29) is 12.5 Å². The van der Waals surface area contributed by atoms with Crippen LogP contribution in [0.1, 0.15) is 5.56 Å². The zero-order valence-electron chi connectivity index (χ0n) is 12.1. The number of para-hydroxylation sites is 1. The molecule has 1 heterocycles. The fraction of sp³-hybridized carbons (Fsp3) is 0.176. The second kappa shape index (κ2) is 6.76. The highest BCUT2D eigenvalue weighted by atomic mass is 16.5. The molecule has 0 saturated heterocycles. The minimum atomic E-state index is -0.119. The molecule has 0 aliphatic heterocycles. The van der Waals surface area contributed by atoms with Crippen LogP contribution in [-0.2, 0) is 11.2 Å². The number of aromatic amines is 1. The Hall–Kier alpha value is -2.82. The summed E-state index contributed by atoms with van der Waals surface area (Å²) < 4.78 is 5.39. The number of nitrogens with one attached hydrogen (secondary N) is 2. The molecular weight excluding hydrogens is 278 g/mol. The Morgan fingerprint density at radius 2 is 2.05 bits per heavy atom. The zero-order valence-corrected chi connectivity index (χ0v) is 12.1. The van der Waals surface area contributed by atoms with Crippen LogP contribution in [0.3, 0.4) is 0 Å². The van der Waals surface area contributed by atoms with Gasteiger partial charge < -0.3 is 15.0 Å². The topological polar surface area (TPSA) is 67.0 Å². The molecule has 0 saturated carbocycles. The molecular formula is C17H17N3O2. The second-order valence-electron chi connectivity index (χ2n) is 4.96. The summed E-state index contributed by atoms with van der Waals surface area (Å²) in [5.74, 6) is 0.578. The Kier molecular flexibility index (Phi) is 4.34. The van der Waals surface area contributed by atoms with Crippen molar-refractivity contribution in [3.63, 3.8) is 0 Å². The zero-order chi connectivity index (χ0) is 15.2. The molecule has 3 aromatic rings. The summed E-state index contributed by atoms with van der Waals surface area (Å²) in [5.41, 5.74) is 3.11. The van der Waals surface area contributed by atoms with Gasteiger partial charge in [-0.25, -0.2) is 4.98 Å². The normalized spacial score (nSPS) is 10.5. The first-order valence-electron chi connectivity index (χ1n) is 7.18. The van der Waals surface area contributed by atoms with E-state index >= 15 is 0 Å². The minimum absolute atomic E-state index is 0.0313. The maximum Gasteiger partial charge on any atom is 0.257 e. The number of benzene rings is 2. The van der Waals surface area contributed by atoms with Crippen molar-refractivity contribution < 1.29 is 9.53 Å². The molecule has 0 unspecified atom stereocenters. The SMILES string of the molecule is O=C(COc1ccccc1)NCCc1ccc2nc[nH]c2c1. The van der Waals surface area contributed by atoms with Crippen LogP contribution >= 0.6 is 0 Å². The third kappa shape index (κ3) is 3.63. The van der Waals surface area contributed by atoms with Crippen LogP contribution in [0.2, 0.25) is 0 Å². The molecule has 1 amide bonds. The first kappa shape index (κ1) is 14.1. The molecule has 5 nitrogen and oxygen atoms in total. The van der Waals surface area contributed by atoms with E-state index in [1.807, 2.05) is 42.5 Å². The molecule has 0 spiro atoms. The van der Waals surface area contributed by atoms with Gasteiger partial charge in [0.2, 0.25) is 0 Å². The van der Waals surface area contributed by atoms with Crippen molar-refractivity contribution in [1.82, 2.24) is 15.3 Å². The van der Waals surface area contributed by atoms with Crippen molar-refractivity contribution in [2.24, 2.45) is 0 Å². The minimum Gasteiger partial charge on any atom is -0.484 e. The molecule has 2 aromatic carbocycles. The Labute approximate surface area is 128 Å². The van der Waals surface area contributed by atoms with Crippen LogP contribution in [0.5, 0.6) is 5.75 Å². The third-order valence-electron chi connectivity index (χ3n) is 3.33. The Bertz CT molecular complexity index is 753. The summed E-state index contributed by atoms with van der Waals surface area (Å²) in [6.45, 7) is 0.611. The smallest absolute Gasteiger partial charge is 0.257 e. The summed E-state index contributed by atoms with van der Waals surface area (Å²) in [5, 5.41) is 2.85. The van der Waals surface area contributed by atoms with Gasteiger partial charge in [-0.1, -0.05) is 24.3 Å². The van der Waals surface area contributed by atoms with Crippen molar-refractivity contribution in [2.45, 2.75) is 6.42 Å². The number of hydrogen-bond donors (Lipinski definition) is 2. The van der Waals surface area contributed by atoms with Gasteiger partial charge in [-0.3, -0.25) is 4.79 Å². The molecule has 5 heteroatoms. The maximum absolute atomic E-state index is 11.7. The fourth-order valence-electron chi connectivity index (χ4n) is 2.20. The van der Waals surface area contributed by atoms with Gasteiger partial charge in [0.1, 0.15) is 5.75 Å². The lowest BCUT2D eigenvalue weighted by Gasteiger charge is -2.07. The highest BCUT2D eigenvalue weighted by Crippen LogP contribution is 2.11. The van der Waals surface area contributed by atoms with Gasteiger partial charge in [0.15, 0.2) is 6.61 Å². The predicted molar refractivity (Wildman–Crippen MR) is 84.7 cm³/mol. The molecule has 112 valence electrons. The number of aromatic nitrogens is 2. The number of nitrogens with zero attached hydrogens (tertiary/aromatic N) is 1. The van der Waals surface area contributed by atoms with Gasteiger partial charge in [0.25, 0.3) is 5.91 Å². The Balaban J connectivity index is 1.43. The van der Waals surface area contributed by atoms with Gasteiger partial charge in [0.05, 0.1) is 17.4 Å². The molecule has 0 aliphatic rings. The number of hydrogen-bond acceptors (Lipinski definition) is 3. The van der Waals surface area contributed by atoms with Gasteiger partial charge >= 0.3 is 0 Å². The van der Waals surface area contributed by atoms with Crippen LogP contribution in [0.25, 0.3) is 11.0 Å².